The van der Waals surface area contributed by atoms with Crippen LogP contribution in [0, 0.1) is 0 Å². The molecule has 0 saturated heterocycles. The lowest BCUT2D eigenvalue weighted by atomic mass is 10.1. The minimum atomic E-state index is -3.21. The molecule has 0 radical (unpaired) electrons. The van der Waals surface area contributed by atoms with E-state index in [0.29, 0.717) is 13.2 Å². The van der Waals surface area contributed by atoms with Gasteiger partial charge in [0.25, 0.3) is 0 Å². The first kappa shape index (κ1) is 20.2. The van der Waals surface area contributed by atoms with E-state index in [1.54, 1.807) is 7.11 Å². The molecule has 0 aliphatic heterocycles. The molecule has 2 N–H and O–H groups in total. The summed E-state index contributed by atoms with van der Waals surface area (Å²) in [5.41, 5.74) is 2.06. The molecule has 0 saturated carbocycles. The first-order valence-corrected chi connectivity index (χ1v) is 10.3. The van der Waals surface area contributed by atoms with Crippen LogP contribution in [0.15, 0.2) is 48.5 Å². The summed E-state index contributed by atoms with van der Waals surface area (Å²) in [6, 6.07) is 15.1. The lowest BCUT2D eigenvalue weighted by Gasteiger charge is -2.13. The minimum absolute atomic E-state index is 0.247. The highest BCUT2D eigenvalue weighted by atomic mass is 32.2. The highest BCUT2D eigenvalue weighted by Crippen LogP contribution is 2.18. The van der Waals surface area contributed by atoms with Gasteiger partial charge in [0.1, 0.15) is 18.1 Å². The fourth-order valence-corrected chi connectivity index (χ4v) is 3.26. The molecule has 1 unspecified atom stereocenters. The summed E-state index contributed by atoms with van der Waals surface area (Å²) in [6.07, 6.45) is 1.16. The summed E-state index contributed by atoms with van der Waals surface area (Å²) in [5.74, 6) is 1.55. The molecular weight excluding hydrogens is 352 g/mol. The van der Waals surface area contributed by atoms with Crippen molar-refractivity contribution < 1.29 is 17.9 Å². The van der Waals surface area contributed by atoms with Crippen molar-refractivity contribution in [1.29, 1.82) is 0 Å². The normalized spacial score (nSPS) is 12.6. The number of nitrogens with one attached hydrogen (secondary N) is 2. The molecule has 0 spiro atoms. The molecule has 7 heteroatoms. The van der Waals surface area contributed by atoms with Gasteiger partial charge in [0, 0.05) is 25.2 Å². The van der Waals surface area contributed by atoms with Crippen molar-refractivity contribution in [3.8, 4) is 11.5 Å². The van der Waals surface area contributed by atoms with Crippen molar-refractivity contribution in [3.63, 3.8) is 0 Å². The van der Waals surface area contributed by atoms with Crippen LogP contribution in [0.2, 0.25) is 0 Å². The fraction of sp³-hybridized carbons (Fsp3) is 0.368. The summed E-state index contributed by atoms with van der Waals surface area (Å²) >= 11 is 0. The van der Waals surface area contributed by atoms with Gasteiger partial charge in [-0.3, -0.25) is 0 Å². The van der Waals surface area contributed by atoms with Gasteiger partial charge in [0.05, 0.1) is 13.4 Å². The molecule has 2 rings (SSSR count). The number of hydrogen-bond acceptors (Lipinski definition) is 5. The van der Waals surface area contributed by atoms with Gasteiger partial charge < -0.3 is 14.8 Å². The lowest BCUT2D eigenvalue weighted by Crippen LogP contribution is -2.25. The average molecular weight is 378 g/mol. The average Bonchev–Trinajstić information content (AvgIpc) is 2.60. The van der Waals surface area contributed by atoms with E-state index in [1.165, 1.54) is 0 Å². The largest absolute Gasteiger partial charge is 0.497 e. The van der Waals surface area contributed by atoms with E-state index in [-0.39, 0.29) is 6.04 Å². The van der Waals surface area contributed by atoms with Crippen LogP contribution in [0.1, 0.15) is 24.1 Å². The first-order chi connectivity index (χ1) is 12.4. The Morgan fingerprint density at radius 1 is 1.08 bits per heavy atom. The van der Waals surface area contributed by atoms with Crippen LogP contribution in [0.3, 0.4) is 0 Å². The van der Waals surface area contributed by atoms with Gasteiger partial charge in [-0.2, -0.15) is 0 Å². The van der Waals surface area contributed by atoms with E-state index < -0.39 is 10.0 Å². The maximum Gasteiger partial charge on any atom is 0.209 e. The van der Waals surface area contributed by atoms with Gasteiger partial charge in [-0.25, -0.2) is 13.1 Å². The molecule has 0 aromatic heterocycles. The quantitative estimate of drug-likeness (QED) is 0.621. The molecule has 142 valence electrons. The Hall–Kier alpha value is -2.09. The topological polar surface area (TPSA) is 76.7 Å². The summed E-state index contributed by atoms with van der Waals surface area (Å²) in [6.45, 7) is 3.81. The molecule has 0 aliphatic rings. The zero-order valence-electron chi connectivity index (χ0n) is 15.4. The van der Waals surface area contributed by atoms with Gasteiger partial charge in [-0.15, -0.1) is 0 Å². The number of methoxy groups -OCH3 is 1. The van der Waals surface area contributed by atoms with Gasteiger partial charge in [-0.05, 0) is 30.2 Å². The Kier molecular flexibility index (Phi) is 7.44. The standard InChI is InChI=1S/C19H26N2O4S/c1-15(21-26(3,22)23)17-9-7-16(8-10-17)14-20-11-12-25-19-6-4-5-18(13-19)24-2/h4-10,13,15,20-21H,11-12,14H2,1-3H3. The van der Waals surface area contributed by atoms with Crippen molar-refractivity contribution in [2.24, 2.45) is 0 Å². The smallest absolute Gasteiger partial charge is 0.209 e. The number of benzene rings is 2. The van der Waals surface area contributed by atoms with Crippen LogP contribution in [0.5, 0.6) is 11.5 Å². The van der Waals surface area contributed by atoms with Crippen LogP contribution in [0.25, 0.3) is 0 Å². The maximum absolute atomic E-state index is 11.3. The third-order valence-corrected chi connectivity index (χ3v) is 4.57. The fourth-order valence-electron chi connectivity index (χ4n) is 2.48. The van der Waals surface area contributed by atoms with Gasteiger partial charge in [0.2, 0.25) is 10.0 Å². The zero-order valence-corrected chi connectivity index (χ0v) is 16.2. The molecule has 0 heterocycles. The van der Waals surface area contributed by atoms with Gasteiger partial charge >= 0.3 is 0 Å². The highest BCUT2D eigenvalue weighted by molar-refractivity contribution is 7.88. The predicted molar refractivity (Wildman–Crippen MR) is 103 cm³/mol. The second-order valence-corrected chi connectivity index (χ2v) is 7.84. The Balaban J connectivity index is 1.72. The lowest BCUT2D eigenvalue weighted by molar-refractivity contribution is 0.311. The predicted octanol–water partition coefficient (Wildman–Crippen LogP) is 2.47. The number of sulfonamides is 1. The maximum atomic E-state index is 11.3. The first-order valence-electron chi connectivity index (χ1n) is 8.41. The molecule has 0 amide bonds. The number of hydrogen-bond donors (Lipinski definition) is 2. The monoisotopic (exact) mass is 378 g/mol. The molecule has 6 nitrogen and oxygen atoms in total. The Morgan fingerprint density at radius 3 is 2.42 bits per heavy atom. The van der Waals surface area contributed by atoms with Crippen LogP contribution in [-0.4, -0.2) is 34.9 Å². The summed E-state index contributed by atoms with van der Waals surface area (Å²) in [5, 5.41) is 3.32. The van der Waals surface area contributed by atoms with Gasteiger partial charge in [-0.1, -0.05) is 30.3 Å². The summed E-state index contributed by atoms with van der Waals surface area (Å²) < 4.78 is 36.0. The molecule has 0 aliphatic carbocycles. The Labute approximate surface area is 155 Å². The van der Waals surface area contributed by atoms with Gasteiger partial charge in [0.15, 0.2) is 0 Å². The Morgan fingerprint density at radius 2 is 1.77 bits per heavy atom. The van der Waals surface area contributed by atoms with E-state index in [2.05, 4.69) is 10.0 Å². The molecule has 0 bridgehead atoms. The van der Waals surface area contributed by atoms with E-state index in [4.69, 9.17) is 9.47 Å². The molecule has 2 aromatic carbocycles. The van der Waals surface area contributed by atoms with Crippen molar-refractivity contribution in [2.45, 2.75) is 19.5 Å². The third-order valence-electron chi connectivity index (χ3n) is 3.79. The second kappa shape index (κ2) is 9.56. The molecule has 1 atom stereocenters. The summed E-state index contributed by atoms with van der Waals surface area (Å²) in [7, 11) is -1.58. The Bertz CT molecular complexity index is 791. The third kappa shape index (κ3) is 7.03. The molecular formula is C19H26N2O4S. The van der Waals surface area contributed by atoms with Crippen LogP contribution in [0.4, 0.5) is 0 Å². The highest BCUT2D eigenvalue weighted by Gasteiger charge is 2.10. The number of rotatable bonds is 10. The van der Waals surface area contributed by atoms with Crippen molar-refractivity contribution >= 4 is 10.0 Å². The van der Waals surface area contributed by atoms with Crippen molar-refractivity contribution in [1.82, 2.24) is 10.0 Å². The van der Waals surface area contributed by atoms with E-state index in [1.807, 2.05) is 55.5 Å². The van der Waals surface area contributed by atoms with Crippen molar-refractivity contribution in [3.05, 3.63) is 59.7 Å². The van der Waals surface area contributed by atoms with Crippen LogP contribution >= 0.6 is 0 Å². The zero-order chi connectivity index (χ0) is 19.0. The summed E-state index contributed by atoms with van der Waals surface area (Å²) in [4.78, 5) is 0. The van der Waals surface area contributed by atoms with Crippen molar-refractivity contribution in [2.75, 3.05) is 26.5 Å². The minimum Gasteiger partial charge on any atom is -0.497 e. The second-order valence-electron chi connectivity index (χ2n) is 6.06. The molecule has 0 fully saturated rings. The molecule has 2 aromatic rings. The molecule has 26 heavy (non-hydrogen) atoms. The van der Waals surface area contributed by atoms with Crippen LogP contribution in [-0.2, 0) is 16.6 Å². The van der Waals surface area contributed by atoms with E-state index in [9.17, 15) is 8.42 Å². The van der Waals surface area contributed by atoms with E-state index in [0.717, 1.165) is 35.4 Å². The SMILES string of the molecule is COc1cccc(OCCNCc2ccc(C(C)NS(C)(=O)=O)cc2)c1. The van der Waals surface area contributed by atoms with E-state index >= 15 is 0 Å². The number of ether oxygens (including phenoxy) is 2. The van der Waals surface area contributed by atoms with Crippen LogP contribution < -0.4 is 19.5 Å².